The van der Waals surface area contributed by atoms with Gasteiger partial charge in [-0.05, 0) is 5.56 Å². The van der Waals surface area contributed by atoms with Gasteiger partial charge >= 0.3 is 11.9 Å². The maximum atomic E-state index is 11.0. The van der Waals surface area contributed by atoms with Crippen LogP contribution in [0.25, 0.3) is 0 Å². The van der Waals surface area contributed by atoms with Crippen LogP contribution >= 0.6 is 0 Å². The van der Waals surface area contributed by atoms with E-state index in [2.05, 4.69) is 10.5 Å². The predicted molar refractivity (Wildman–Crippen MR) is 58.8 cm³/mol. The molecule has 0 aromatic heterocycles. The fraction of sp³-hybridized carbons (Fsp3) is 0.182. The molecular formula is C11H10N2O4. The van der Waals surface area contributed by atoms with Crippen molar-refractivity contribution in [3.63, 3.8) is 0 Å². The van der Waals surface area contributed by atoms with Crippen molar-refractivity contribution in [2.24, 2.45) is 5.10 Å². The Morgan fingerprint density at radius 3 is 2.35 bits per heavy atom. The standard InChI is InChI=1S/C11H10N2O4/c14-10(15)8-7(6-4-2-1-3-5-6)9(11(16)17)13-12-8/h1-5,7-8,12H,(H,14,15)(H,16,17). The smallest absolute Gasteiger partial charge is 0.352 e. The number of hydrazone groups is 1. The van der Waals surface area contributed by atoms with E-state index in [1.54, 1.807) is 30.3 Å². The summed E-state index contributed by atoms with van der Waals surface area (Å²) in [4.78, 5) is 22.0. The molecule has 0 aliphatic carbocycles. The molecule has 0 saturated heterocycles. The topological polar surface area (TPSA) is 99.0 Å². The number of hydrogen-bond donors (Lipinski definition) is 3. The summed E-state index contributed by atoms with van der Waals surface area (Å²) >= 11 is 0. The number of carboxylic acid groups (broad SMARTS) is 2. The molecule has 0 spiro atoms. The van der Waals surface area contributed by atoms with Gasteiger partial charge in [-0.25, -0.2) is 9.59 Å². The van der Waals surface area contributed by atoms with Crippen molar-refractivity contribution in [2.45, 2.75) is 12.0 Å². The third kappa shape index (κ3) is 1.96. The Morgan fingerprint density at radius 1 is 1.18 bits per heavy atom. The van der Waals surface area contributed by atoms with E-state index in [1.807, 2.05) is 0 Å². The number of benzene rings is 1. The van der Waals surface area contributed by atoms with Gasteiger partial charge in [0.15, 0.2) is 11.8 Å². The lowest BCUT2D eigenvalue weighted by molar-refractivity contribution is -0.139. The average molecular weight is 234 g/mol. The Morgan fingerprint density at radius 2 is 1.82 bits per heavy atom. The van der Waals surface area contributed by atoms with Gasteiger partial charge in [-0.1, -0.05) is 30.3 Å². The summed E-state index contributed by atoms with van der Waals surface area (Å²) in [5.41, 5.74) is 2.78. The second kappa shape index (κ2) is 4.25. The molecule has 17 heavy (non-hydrogen) atoms. The molecule has 1 aromatic rings. The monoisotopic (exact) mass is 234 g/mol. The SMILES string of the molecule is O=C(O)C1=NNC(C(=O)O)C1c1ccccc1. The third-order valence-corrected chi connectivity index (χ3v) is 2.60. The number of hydrogen-bond acceptors (Lipinski definition) is 4. The van der Waals surface area contributed by atoms with Gasteiger partial charge in [0.05, 0.1) is 5.92 Å². The van der Waals surface area contributed by atoms with Gasteiger partial charge in [-0.15, -0.1) is 0 Å². The molecule has 1 aliphatic rings. The summed E-state index contributed by atoms with van der Waals surface area (Å²) in [6.07, 6.45) is 0. The molecule has 1 heterocycles. The maximum Gasteiger partial charge on any atom is 0.352 e. The van der Waals surface area contributed by atoms with Crippen molar-refractivity contribution in [3.8, 4) is 0 Å². The van der Waals surface area contributed by atoms with E-state index in [4.69, 9.17) is 10.2 Å². The van der Waals surface area contributed by atoms with E-state index < -0.39 is 23.9 Å². The molecular weight excluding hydrogens is 224 g/mol. The first-order valence-electron chi connectivity index (χ1n) is 4.95. The quantitative estimate of drug-likeness (QED) is 0.697. The molecule has 6 heteroatoms. The Hall–Kier alpha value is -2.37. The van der Waals surface area contributed by atoms with E-state index >= 15 is 0 Å². The first kappa shape index (κ1) is 11.1. The van der Waals surface area contributed by atoms with Crippen LogP contribution in [0.1, 0.15) is 11.5 Å². The lowest BCUT2D eigenvalue weighted by Gasteiger charge is -2.15. The van der Waals surface area contributed by atoms with Crippen LogP contribution < -0.4 is 5.43 Å². The van der Waals surface area contributed by atoms with Crippen molar-refractivity contribution < 1.29 is 19.8 Å². The highest BCUT2D eigenvalue weighted by Crippen LogP contribution is 2.26. The van der Waals surface area contributed by atoms with Gasteiger partial charge in [0.2, 0.25) is 0 Å². The largest absolute Gasteiger partial charge is 0.480 e. The highest BCUT2D eigenvalue weighted by atomic mass is 16.4. The van der Waals surface area contributed by atoms with E-state index in [-0.39, 0.29) is 5.71 Å². The first-order chi connectivity index (χ1) is 8.11. The van der Waals surface area contributed by atoms with Crippen LogP contribution in [0.5, 0.6) is 0 Å². The number of nitrogens with one attached hydrogen (secondary N) is 1. The molecule has 0 bridgehead atoms. The lowest BCUT2D eigenvalue weighted by atomic mass is 9.88. The van der Waals surface area contributed by atoms with Crippen LogP contribution in [-0.2, 0) is 9.59 Å². The predicted octanol–water partition coefficient (Wildman–Crippen LogP) is 0.267. The van der Waals surface area contributed by atoms with Gasteiger partial charge in [-0.2, -0.15) is 5.10 Å². The summed E-state index contributed by atoms with van der Waals surface area (Å²) in [6, 6.07) is 7.57. The Kier molecular flexibility index (Phi) is 2.78. The molecule has 1 aromatic carbocycles. The lowest BCUT2D eigenvalue weighted by Crippen LogP contribution is -2.37. The Bertz CT molecular complexity index is 484. The fourth-order valence-corrected chi connectivity index (χ4v) is 1.83. The molecule has 0 amide bonds. The van der Waals surface area contributed by atoms with Crippen molar-refractivity contribution in [2.75, 3.05) is 0 Å². The molecule has 88 valence electrons. The number of aliphatic carboxylic acids is 2. The summed E-state index contributed by atoms with van der Waals surface area (Å²) in [6.45, 7) is 0. The average Bonchev–Trinajstić information content (AvgIpc) is 2.74. The zero-order chi connectivity index (χ0) is 12.4. The van der Waals surface area contributed by atoms with Crippen LogP contribution in [0, 0.1) is 0 Å². The van der Waals surface area contributed by atoms with Gasteiger partial charge in [-0.3, -0.25) is 5.43 Å². The third-order valence-electron chi connectivity index (χ3n) is 2.60. The van der Waals surface area contributed by atoms with Crippen molar-refractivity contribution in [1.82, 2.24) is 5.43 Å². The maximum absolute atomic E-state index is 11.0. The molecule has 2 rings (SSSR count). The van der Waals surface area contributed by atoms with Gasteiger partial charge in [0.1, 0.15) is 0 Å². The van der Waals surface area contributed by atoms with Gasteiger partial charge in [0.25, 0.3) is 0 Å². The van der Waals surface area contributed by atoms with E-state index in [9.17, 15) is 9.59 Å². The van der Waals surface area contributed by atoms with Crippen LogP contribution in [0.2, 0.25) is 0 Å². The number of carbonyl (C=O) groups is 2. The van der Waals surface area contributed by atoms with Crippen LogP contribution in [-0.4, -0.2) is 33.9 Å². The molecule has 2 unspecified atom stereocenters. The summed E-state index contributed by atoms with van der Waals surface area (Å²) < 4.78 is 0. The van der Waals surface area contributed by atoms with Gasteiger partial charge < -0.3 is 10.2 Å². The second-order valence-corrected chi connectivity index (χ2v) is 3.64. The van der Waals surface area contributed by atoms with E-state index in [0.717, 1.165) is 0 Å². The zero-order valence-electron chi connectivity index (χ0n) is 8.70. The van der Waals surface area contributed by atoms with Crippen molar-refractivity contribution in [3.05, 3.63) is 35.9 Å². The number of carboxylic acids is 2. The highest BCUT2D eigenvalue weighted by Gasteiger charge is 2.40. The second-order valence-electron chi connectivity index (χ2n) is 3.64. The van der Waals surface area contributed by atoms with Crippen molar-refractivity contribution >= 4 is 17.7 Å². The molecule has 2 atom stereocenters. The Labute approximate surface area is 96.6 Å². The fourth-order valence-electron chi connectivity index (χ4n) is 1.83. The number of nitrogens with zero attached hydrogens (tertiary/aromatic N) is 1. The summed E-state index contributed by atoms with van der Waals surface area (Å²) in [5, 5.41) is 21.6. The molecule has 3 N–H and O–H groups in total. The van der Waals surface area contributed by atoms with Crippen LogP contribution in [0.4, 0.5) is 0 Å². The molecule has 0 saturated carbocycles. The zero-order valence-corrected chi connectivity index (χ0v) is 8.70. The normalized spacial score (nSPS) is 22.7. The summed E-state index contributed by atoms with van der Waals surface area (Å²) in [5.74, 6) is -3.11. The van der Waals surface area contributed by atoms with Gasteiger partial charge in [0, 0.05) is 0 Å². The minimum absolute atomic E-state index is 0.177. The Balaban J connectivity index is 2.41. The molecule has 6 nitrogen and oxygen atoms in total. The highest BCUT2D eigenvalue weighted by molar-refractivity contribution is 6.39. The number of rotatable bonds is 3. The van der Waals surface area contributed by atoms with Crippen LogP contribution in [0.3, 0.4) is 0 Å². The molecule has 1 aliphatic heterocycles. The molecule has 0 radical (unpaired) electrons. The van der Waals surface area contributed by atoms with Crippen molar-refractivity contribution in [1.29, 1.82) is 0 Å². The van der Waals surface area contributed by atoms with Crippen LogP contribution in [0.15, 0.2) is 35.4 Å². The van der Waals surface area contributed by atoms with E-state index in [1.165, 1.54) is 0 Å². The first-order valence-corrected chi connectivity index (χ1v) is 4.95. The van der Waals surface area contributed by atoms with E-state index in [0.29, 0.717) is 5.56 Å². The molecule has 0 fully saturated rings. The minimum Gasteiger partial charge on any atom is -0.480 e. The summed E-state index contributed by atoms with van der Waals surface area (Å²) in [7, 11) is 0. The minimum atomic E-state index is -1.21.